The van der Waals surface area contributed by atoms with Crippen LogP contribution in [0.3, 0.4) is 0 Å². The van der Waals surface area contributed by atoms with Crippen molar-refractivity contribution in [2.75, 3.05) is 19.7 Å². The lowest BCUT2D eigenvalue weighted by Crippen LogP contribution is -2.57. The summed E-state index contributed by atoms with van der Waals surface area (Å²) in [5, 5.41) is 12.8. The molecular formula is C39H54F2N6O6. The summed E-state index contributed by atoms with van der Waals surface area (Å²) in [7, 11) is 0. The number of nitrogens with two attached hydrogens (primary N) is 1. The molecule has 0 radical (unpaired) electrons. The molecule has 0 unspecified atom stereocenters. The van der Waals surface area contributed by atoms with Gasteiger partial charge in [-0.2, -0.15) is 0 Å². The number of nitrogens with zero attached hydrogens (tertiary/aromatic N) is 4. The van der Waals surface area contributed by atoms with E-state index in [1.165, 1.54) is 16.7 Å². The molecule has 0 fully saturated rings. The minimum atomic E-state index is -1.07. The maximum atomic E-state index is 15.1. The Morgan fingerprint density at radius 2 is 1.58 bits per heavy atom. The van der Waals surface area contributed by atoms with Crippen LogP contribution in [0.1, 0.15) is 86.2 Å². The molecule has 3 aromatic rings. The topological polar surface area (TPSA) is 160 Å². The summed E-state index contributed by atoms with van der Waals surface area (Å²) in [6, 6.07) is 9.58. The van der Waals surface area contributed by atoms with Crippen LogP contribution in [-0.2, 0) is 25.7 Å². The molecule has 0 spiro atoms. The Kier molecular flexibility index (Phi) is 14.3. The van der Waals surface area contributed by atoms with E-state index in [9.17, 15) is 28.7 Å². The van der Waals surface area contributed by atoms with Gasteiger partial charge in [-0.25, -0.2) is 18.6 Å². The lowest BCUT2D eigenvalue weighted by Gasteiger charge is -2.40. The van der Waals surface area contributed by atoms with E-state index >= 15 is 4.39 Å². The van der Waals surface area contributed by atoms with Gasteiger partial charge in [-0.1, -0.05) is 65.0 Å². The molecule has 4 N–H and O–H groups in total. The highest BCUT2D eigenvalue weighted by atomic mass is 19.1. The number of primary amides is 1. The highest BCUT2D eigenvalue weighted by molar-refractivity contribution is 5.90. The molecule has 0 aliphatic heterocycles. The number of aromatic nitrogens is 2. The van der Waals surface area contributed by atoms with Gasteiger partial charge in [0.1, 0.15) is 41.8 Å². The highest BCUT2D eigenvalue weighted by Crippen LogP contribution is 2.39. The summed E-state index contributed by atoms with van der Waals surface area (Å²) < 4.78 is 36.6. The summed E-state index contributed by atoms with van der Waals surface area (Å²) in [6.07, 6.45) is 0.940. The van der Waals surface area contributed by atoms with Crippen LogP contribution in [0, 0.1) is 23.0 Å². The van der Waals surface area contributed by atoms with Gasteiger partial charge in [0, 0.05) is 31.4 Å². The van der Waals surface area contributed by atoms with E-state index in [2.05, 4.69) is 5.32 Å². The Bertz CT molecular complexity index is 1730. The lowest BCUT2D eigenvalue weighted by molar-refractivity contribution is -0.142. The number of ether oxygens (including phenoxy) is 1. The van der Waals surface area contributed by atoms with Gasteiger partial charge in [0.25, 0.3) is 0 Å². The van der Waals surface area contributed by atoms with Crippen LogP contribution < -0.4 is 11.1 Å². The lowest BCUT2D eigenvalue weighted by atomic mass is 9.84. The number of imidazole rings is 1. The fourth-order valence-corrected chi connectivity index (χ4v) is 6.05. The van der Waals surface area contributed by atoms with Crippen molar-refractivity contribution in [3.63, 3.8) is 0 Å². The van der Waals surface area contributed by atoms with E-state index in [1.807, 2.05) is 51.1 Å². The third-order valence-electron chi connectivity index (χ3n) is 8.60. The van der Waals surface area contributed by atoms with Crippen LogP contribution in [0.15, 0.2) is 54.7 Å². The van der Waals surface area contributed by atoms with Crippen LogP contribution in [0.25, 0.3) is 11.3 Å². The van der Waals surface area contributed by atoms with Crippen molar-refractivity contribution < 1.29 is 37.8 Å². The van der Waals surface area contributed by atoms with Crippen LogP contribution in [0.5, 0.6) is 0 Å². The van der Waals surface area contributed by atoms with Gasteiger partial charge in [-0.15, -0.1) is 0 Å². The average Bonchev–Trinajstić information content (AvgIpc) is 3.46. The molecular weight excluding hydrogens is 686 g/mol. The first-order valence-electron chi connectivity index (χ1n) is 17.7. The molecule has 3 rings (SSSR count). The predicted molar refractivity (Wildman–Crippen MR) is 197 cm³/mol. The number of nitrogens with one attached hydrogen (secondary N) is 1. The maximum Gasteiger partial charge on any atom is 0.408 e. The monoisotopic (exact) mass is 740 g/mol. The number of carbonyl (C=O) groups is 4. The van der Waals surface area contributed by atoms with Crippen molar-refractivity contribution in [3.8, 4) is 11.3 Å². The van der Waals surface area contributed by atoms with E-state index in [4.69, 9.17) is 15.5 Å². The predicted octanol–water partition coefficient (Wildman–Crippen LogP) is 5.43. The van der Waals surface area contributed by atoms with Gasteiger partial charge in [0.2, 0.25) is 17.7 Å². The van der Waals surface area contributed by atoms with Gasteiger partial charge < -0.3 is 35.3 Å². The first-order chi connectivity index (χ1) is 24.6. The van der Waals surface area contributed by atoms with Gasteiger partial charge in [-0.05, 0) is 69.2 Å². The molecule has 14 heteroatoms. The Morgan fingerprint density at radius 3 is 2.13 bits per heavy atom. The first kappa shape index (κ1) is 42.6. The molecule has 0 saturated carbocycles. The second kappa shape index (κ2) is 17.8. The van der Waals surface area contributed by atoms with Crippen LogP contribution in [0.2, 0.25) is 0 Å². The molecule has 0 bridgehead atoms. The number of hydrogen-bond donors (Lipinski definition) is 3. The summed E-state index contributed by atoms with van der Waals surface area (Å²) in [4.78, 5) is 60.2. The molecule has 290 valence electrons. The quantitative estimate of drug-likeness (QED) is 0.188. The van der Waals surface area contributed by atoms with Crippen molar-refractivity contribution in [2.24, 2.45) is 17.1 Å². The largest absolute Gasteiger partial charge is 0.444 e. The Labute approximate surface area is 310 Å². The summed E-state index contributed by atoms with van der Waals surface area (Å²) in [5.74, 6) is -3.32. The average molecular weight is 741 g/mol. The Hall–Kier alpha value is -4.85. The third kappa shape index (κ3) is 11.6. The second-order valence-corrected chi connectivity index (χ2v) is 15.6. The summed E-state index contributed by atoms with van der Waals surface area (Å²) in [5.41, 5.74) is 5.11. The first-order valence-corrected chi connectivity index (χ1v) is 17.7. The SMILES string of the molecule is CC(C)[C@H](NC(=O)OC(C)(C)C)C(=O)N(CCCN(C(=O)CO)[C@@H](c1nc(-c2cc(F)ccc2F)cn1Cc1ccccc1)C(C)(C)C)[C@@H](C)C(N)=O. The van der Waals surface area contributed by atoms with Crippen LogP contribution in [-0.4, -0.2) is 85.7 Å². The van der Waals surface area contributed by atoms with Crippen molar-refractivity contribution >= 4 is 23.8 Å². The molecule has 0 aliphatic carbocycles. The fourth-order valence-electron chi connectivity index (χ4n) is 6.05. The third-order valence-corrected chi connectivity index (χ3v) is 8.60. The molecule has 2 aromatic carbocycles. The van der Waals surface area contributed by atoms with E-state index in [-0.39, 0.29) is 37.3 Å². The van der Waals surface area contributed by atoms with E-state index in [0.717, 1.165) is 23.8 Å². The highest BCUT2D eigenvalue weighted by Gasteiger charge is 2.39. The zero-order chi connectivity index (χ0) is 39.8. The summed E-state index contributed by atoms with van der Waals surface area (Å²) >= 11 is 0. The minimum absolute atomic E-state index is 0.00963. The standard InChI is InChI=1S/C39H54F2N6O6/c1-24(2)32(44-37(52)53-39(7,8)9)36(51)46(25(3)34(42)50)18-13-19-47(31(49)23-48)33(38(4,5)6)35-43-30(28-20-27(40)16-17-29(28)41)22-45(35)21-26-14-11-10-12-15-26/h10-12,14-17,20,22,24-25,32-33,48H,13,18-19,21,23H2,1-9H3,(H2,42,50)(H,44,52)/t25-,32-,33-/m0/s1. The number of aliphatic hydroxyl groups excluding tert-OH is 1. The van der Waals surface area contributed by atoms with Crippen molar-refractivity contribution in [1.29, 1.82) is 0 Å². The van der Waals surface area contributed by atoms with Crippen LogP contribution in [0.4, 0.5) is 13.6 Å². The van der Waals surface area contributed by atoms with E-state index < -0.39 is 77.1 Å². The van der Waals surface area contributed by atoms with E-state index in [0.29, 0.717) is 5.82 Å². The zero-order valence-corrected chi connectivity index (χ0v) is 32.2. The van der Waals surface area contributed by atoms with Crippen LogP contribution >= 0.6 is 0 Å². The van der Waals surface area contributed by atoms with Gasteiger partial charge >= 0.3 is 6.09 Å². The smallest absolute Gasteiger partial charge is 0.408 e. The number of alkyl carbamates (subject to hydrolysis) is 1. The fraction of sp³-hybridized carbons (Fsp3) is 0.513. The van der Waals surface area contributed by atoms with Gasteiger partial charge in [-0.3, -0.25) is 14.4 Å². The van der Waals surface area contributed by atoms with Gasteiger partial charge in [0.05, 0.1) is 11.7 Å². The van der Waals surface area contributed by atoms with Crippen molar-refractivity contribution in [1.82, 2.24) is 24.7 Å². The summed E-state index contributed by atoms with van der Waals surface area (Å²) in [6.45, 7) is 15.1. The molecule has 3 atom stereocenters. The second-order valence-electron chi connectivity index (χ2n) is 15.6. The number of benzene rings is 2. The molecule has 1 aromatic heterocycles. The number of rotatable bonds is 15. The Balaban J connectivity index is 2.05. The zero-order valence-electron chi connectivity index (χ0n) is 32.2. The normalized spacial score (nSPS) is 13.6. The Morgan fingerprint density at radius 1 is 0.962 bits per heavy atom. The van der Waals surface area contributed by atoms with Crippen molar-refractivity contribution in [2.45, 2.75) is 99.0 Å². The molecule has 0 aliphatic rings. The molecule has 1 heterocycles. The number of halogens is 2. The molecule has 0 saturated heterocycles. The molecule has 12 nitrogen and oxygen atoms in total. The number of hydrogen-bond acceptors (Lipinski definition) is 7. The number of aliphatic hydroxyl groups is 1. The number of carbonyl (C=O) groups excluding carboxylic acids is 4. The molecule has 4 amide bonds. The maximum absolute atomic E-state index is 15.1. The van der Waals surface area contributed by atoms with Crippen molar-refractivity contribution in [3.05, 3.63) is 77.8 Å². The molecule has 53 heavy (non-hydrogen) atoms. The minimum Gasteiger partial charge on any atom is -0.444 e. The number of amides is 4. The van der Waals surface area contributed by atoms with Gasteiger partial charge in [0.15, 0.2) is 0 Å². The van der Waals surface area contributed by atoms with E-state index in [1.54, 1.807) is 45.4 Å².